The number of fused-ring (bicyclic) bond motifs is 1. The number of nitrogens with zero attached hydrogens (tertiary/aromatic N) is 1. The highest BCUT2D eigenvalue weighted by atomic mass is 35.5. The van der Waals surface area contributed by atoms with Gasteiger partial charge in [0, 0.05) is 12.1 Å². The molecule has 4 N–H and O–H groups in total. The predicted octanol–water partition coefficient (Wildman–Crippen LogP) is 4.38. The SMILES string of the molecule is CC(C)CC(NC(=O)c1ccc(CN)cc1)c1nc2ccccc2[nH]1.Cl.Cl. The summed E-state index contributed by atoms with van der Waals surface area (Å²) in [7, 11) is 0. The number of H-pyrrole nitrogens is 1. The van der Waals surface area contributed by atoms with Crippen molar-refractivity contribution in [2.45, 2.75) is 32.9 Å². The third kappa shape index (κ3) is 5.70. The summed E-state index contributed by atoms with van der Waals surface area (Å²) in [6.07, 6.45) is 0.812. The molecule has 27 heavy (non-hydrogen) atoms. The van der Waals surface area contributed by atoms with Gasteiger partial charge in [-0.25, -0.2) is 4.98 Å². The summed E-state index contributed by atoms with van der Waals surface area (Å²) >= 11 is 0. The molecule has 3 aromatic rings. The molecule has 146 valence electrons. The Hall–Kier alpha value is -2.08. The van der Waals surface area contributed by atoms with E-state index in [0.717, 1.165) is 28.8 Å². The standard InChI is InChI=1S/C20H24N4O.2ClH/c1-13(2)11-18(19-22-16-5-3-4-6-17(16)23-19)24-20(25)15-9-7-14(12-21)8-10-15;;/h3-10,13,18H,11-12,21H2,1-2H3,(H,22,23)(H,24,25);2*1H. The van der Waals surface area contributed by atoms with Gasteiger partial charge in [-0.05, 0) is 42.2 Å². The fraction of sp³-hybridized carbons (Fsp3) is 0.300. The van der Waals surface area contributed by atoms with Crippen molar-refractivity contribution in [2.24, 2.45) is 11.7 Å². The number of nitrogens with two attached hydrogens (primary N) is 1. The molecule has 1 unspecified atom stereocenters. The molecule has 7 heteroatoms. The van der Waals surface area contributed by atoms with Crippen LogP contribution in [-0.4, -0.2) is 15.9 Å². The average Bonchev–Trinajstić information content (AvgIpc) is 3.05. The zero-order valence-electron chi connectivity index (χ0n) is 15.4. The molecule has 1 amide bonds. The van der Waals surface area contributed by atoms with Gasteiger partial charge in [0.25, 0.3) is 5.91 Å². The Balaban J connectivity index is 0.00000182. The first-order valence-corrected chi connectivity index (χ1v) is 8.61. The van der Waals surface area contributed by atoms with Crippen molar-refractivity contribution in [3.05, 3.63) is 65.5 Å². The van der Waals surface area contributed by atoms with E-state index in [0.29, 0.717) is 18.0 Å². The van der Waals surface area contributed by atoms with Gasteiger partial charge in [-0.15, -0.1) is 24.8 Å². The van der Waals surface area contributed by atoms with Crippen LogP contribution < -0.4 is 11.1 Å². The highest BCUT2D eigenvalue weighted by Gasteiger charge is 2.20. The fourth-order valence-electron chi connectivity index (χ4n) is 2.88. The van der Waals surface area contributed by atoms with Crippen LogP contribution >= 0.6 is 24.8 Å². The molecule has 0 saturated heterocycles. The molecule has 2 aromatic carbocycles. The largest absolute Gasteiger partial charge is 0.342 e. The number of nitrogens with one attached hydrogen (secondary N) is 2. The quantitative estimate of drug-likeness (QED) is 0.565. The molecule has 0 aliphatic heterocycles. The maximum Gasteiger partial charge on any atom is 0.251 e. The summed E-state index contributed by atoms with van der Waals surface area (Å²) < 4.78 is 0. The lowest BCUT2D eigenvalue weighted by atomic mass is 10.0. The van der Waals surface area contributed by atoms with Crippen molar-refractivity contribution in [1.29, 1.82) is 0 Å². The first-order chi connectivity index (χ1) is 12.1. The maximum atomic E-state index is 12.6. The summed E-state index contributed by atoms with van der Waals surface area (Å²) in [4.78, 5) is 20.6. The van der Waals surface area contributed by atoms with Crippen molar-refractivity contribution in [1.82, 2.24) is 15.3 Å². The zero-order chi connectivity index (χ0) is 17.8. The van der Waals surface area contributed by atoms with E-state index < -0.39 is 0 Å². The Morgan fingerprint density at radius 2 is 1.78 bits per heavy atom. The number of carbonyl (C=O) groups excluding carboxylic acids is 1. The lowest BCUT2D eigenvalue weighted by Gasteiger charge is -2.19. The fourth-order valence-corrected chi connectivity index (χ4v) is 2.88. The molecule has 1 atom stereocenters. The number of benzene rings is 2. The number of hydrogen-bond acceptors (Lipinski definition) is 3. The Morgan fingerprint density at radius 1 is 1.11 bits per heavy atom. The second-order valence-corrected chi connectivity index (χ2v) is 6.70. The minimum Gasteiger partial charge on any atom is -0.342 e. The van der Waals surface area contributed by atoms with Crippen molar-refractivity contribution in [3.8, 4) is 0 Å². The molecule has 0 saturated carbocycles. The number of carbonyl (C=O) groups is 1. The highest BCUT2D eigenvalue weighted by molar-refractivity contribution is 5.94. The monoisotopic (exact) mass is 408 g/mol. The summed E-state index contributed by atoms with van der Waals surface area (Å²) in [5.74, 6) is 1.12. The molecule has 0 spiro atoms. The number of para-hydroxylation sites is 2. The van der Waals surface area contributed by atoms with Gasteiger partial charge < -0.3 is 16.0 Å². The van der Waals surface area contributed by atoms with E-state index in [2.05, 4.69) is 29.1 Å². The van der Waals surface area contributed by atoms with Gasteiger partial charge in [0.15, 0.2) is 0 Å². The number of aromatic amines is 1. The minimum atomic E-state index is -0.158. The highest BCUT2D eigenvalue weighted by Crippen LogP contribution is 2.22. The predicted molar refractivity (Wildman–Crippen MR) is 115 cm³/mol. The van der Waals surface area contributed by atoms with Crippen LogP contribution in [0.25, 0.3) is 11.0 Å². The van der Waals surface area contributed by atoms with Crippen LogP contribution in [0.15, 0.2) is 48.5 Å². The second-order valence-electron chi connectivity index (χ2n) is 6.70. The van der Waals surface area contributed by atoms with Crippen LogP contribution in [0.1, 0.15) is 48.1 Å². The Labute approximate surface area is 172 Å². The van der Waals surface area contributed by atoms with Gasteiger partial charge in [0.1, 0.15) is 5.82 Å². The molecule has 0 aliphatic carbocycles. The lowest BCUT2D eigenvalue weighted by molar-refractivity contribution is 0.0930. The van der Waals surface area contributed by atoms with Crippen LogP contribution in [-0.2, 0) is 6.54 Å². The van der Waals surface area contributed by atoms with Gasteiger partial charge in [0.2, 0.25) is 0 Å². The Bertz CT molecular complexity index is 829. The Morgan fingerprint density at radius 3 is 2.37 bits per heavy atom. The molecule has 3 rings (SSSR count). The number of aromatic nitrogens is 2. The van der Waals surface area contributed by atoms with Crippen molar-refractivity contribution in [2.75, 3.05) is 0 Å². The molecule has 0 bridgehead atoms. The van der Waals surface area contributed by atoms with Crippen LogP contribution in [0.4, 0.5) is 0 Å². The summed E-state index contributed by atoms with van der Waals surface area (Å²) in [5, 5.41) is 3.12. The number of amides is 1. The number of imidazole rings is 1. The smallest absolute Gasteiger partial charge is 0.251 e. The van der Waals surface area contributed by atoms with E-state index in [4.69, 9.17) is 5.73 Å². The van der Waals surface area contributed by atoms with E-state index in [-0.39, 0.29) is 36.8 Å². The van der Waals surface area contributed by atoms with Gasteiger partial charge in [0.05, 0.1) is 17.1 Å². The Kier molecular flexibility index (Phi) is 8.76. The third-order valence-corrected chi connectivity index (χ3v) is 4.20. The van der Waals surface area contributed by atoms with Crippen molar-refractivity contribution in [3.63, 3.8) is 0 Å². The van der Waals surface area contributed by atoms with Gasteiger partial charge in [-0.3, -0.25) is 4.79 Å². The van der Waals surface area contributed by atoms with E-state index in [9.17, 15) is 4.79 Å². The zero-order valence-corrected chi connectivity index (χ0v) is 17.1. The van der Waals surface area contributed by atoms with E-state index >= 15 is 0 Å². The summed E-state index contributed by atoms with van der Waals surface area (Å²) in [6.45, 7) is 4.74. The van der Waals surface area contributed by atoms with E-state index in [1.54, 1.807) is 0 Å². The molecule has 0 radical (unpaired) electrons. The molecule has 1 aromatic heterocycles. The molecular weight excluding hydrogens is 383 g/mol. The van der Waals surface area contributed by atoms with Gasteiger partial charge in [-0.1, -0.05) is 38.1 Å². The first-order valence-electron chi connectivity index (χ1n) is 8.61. The van der Waals surface area contributed by atoms with Crippen LogP contribution in [0.2, 0.25) is 0 Å². The van der Waals surface area contributed by atoms with Crippen molar-refractivity contribution >= 4 is 41.8 Å². The number of rotatable bonds is 6. The topological polar surface area (TPSA) is 83.8 Å². The van der Waals surface area contributed by atoms with Crippen molar-refractivity contribution < 1.29 is 4.79 Å². The maximum absolute atomic E-state index is 12.6. The third-order valence-electron chi connectivity index (χ3n) is 4.20. The summed E-state index contributed by atoms with van der Waals surface area (Å²) in [5.41, 5.74) is 9.13. The number of hydrogen-bond donors (Lipinski definition) is 3. The second kappa shape index (κ2) is 10.3. The molecule has 0 aliphatic rings. The normalized spacial score (nSPS) is 11.6. The minimum absolute atomic E-state index is 0. The molecule has 1 heterocycles. The van der Waals surface area contributed by atoms with Crippen LogP contribution in [0, 0.1) is 5.92 Å². The van der Waals surface area contributed by atoms with Gasteiger partial charge >= 0.3 is 0 Å². The lowest BCUT2D eigenvalue weighted by Crippen LogP contribution is -2.30. The van der Waals surface area contributed by atoms with Crippen LogP contribution in [0.5, 0.6) is 0 Å². The summed E-state index contributed by atoms with van der Waals surface area (Å²) in [6, 6.07) is 15.1. The first kappa shape index (κ1) is 23.0. The molecule has 0 fully saturated rings. The number of halogens is 2. The van der Waals surface area contributed by atoms with E-state index in [1.807, 2.05) is 48.5 Å². The van der Waals surface area contributed by atoms with E-state index in [1.165, 1.54) is 0 Å². The average molecular weight is 409 g/mol. The molecule has 5 nitrogen and oxygen atoms in total. The molecular formula is C20H26Cl2N4O. The van der Waals surface area contributed by atoms with Crippen LogP contribution in [0.3, 0.4) is 0 Å². The van der Waals surface area contributed by atoms with Gasteiger partial charge in [-0.2, -0.15) is 0 Å².